The lowest BCUT2D eigenvalue weighted by Crippen LogP contribution is -2.41. The molecule has 4 rings (SSSR count). The first-order valence-electron chi connectivity index (χ1n) is 11.8. The molecule has 1 aliphatic rings. The Labute approximate surface area is 226 Å². The van der Waals surface area contributed by atoms with Crippen molar-refractivity contribution in [2.45, 2.75) is 31.5 Å². The van der Waals surface area contributed by atoms with Crippen molar-refractivity contribution in [3.8, 4) is 17.6 Å². The molecule has 0 radical (unpaired) electrons. The van der Waals surface area contributed by atoms with Crippen LogP contribution in [-0.4, -0.2) is 58.2 Å². The lowest BCUT2D eigenvalue weighted by molar-refractivity contribution is -0.153. The zero-order valence-electron chi connectivity index (χ0n) is 20.7. The van der Waals surface area contributed by atoms with E-state index in [1.807, 2.05) is 6.07 Å². The maximum absolute atomic E-state index is 13.2. The van der Waals surface area contributed by atoms with Crippen LogP contribution in [0.4, 0.5) is 19.0 Å². The van der Waals surface area contributed by atoms with Crippen LogP contribution in [0.3, 0.4) is 0 Å². The number of nitrogens with zero attached hydrogens (tertiary/aromatic N) is 4. The van der Waals surface area contributed by atoms with Gasteiger partial charge in [-0.1, -0.05) is 24.1 Å². The Morgan fingerprint density at radius 3 is 2.85 bits per heavy atom. The predicted octanol–water partition coefficient (Wildman–Crippen LogP) is 3.17. The van der Waals surface area contributed by atoms with Crippen LogP contribution in [0.2, 0.25) is 0 Å². The summed E-state index contributed by atoms with van der Waals surface area (Å²) in [5.41, 5.74) is 1.80. The van der Waals surface area contributed by atoms with Crippen molar-refractivity contribution in [2.75, 3.05) is 24.7 Å². The van der Waals surface area contributed by atoms with Gasteiger partial charge in [-0.15, -0.1) is 0 Å². The number of nitrogens with one attached hydrogen (secondary N) is 3. The number of aryl methyl sites for hydroxylation is 1. The predicted molar refractivity (Wildman–Crippen MR) is 137 cm³/mol. The van der Waals surface area contributed by atoms with Gasteiger partial charge >= 0.3 is 6.18 Å². The number of carbonyl (C=O) groups is 2. The summed E-state index contributed by atoms with van der Waals surface area (Å²) >= 11 is 1.18. The number of hydrogen-bond donors (Lipinski definition) is 3. The molecule has 0 aliphatic carbocycles. The van der Waals surface area contributed by atoms with Crippen molar-refractivity contribution in [2.24, 2.45) is 0 Å². The topological polar surface area (TPSA) is 134 Å². The van der Waals surface area contributed by atoms with E-state index in [-0.39, 0.29) is 34.8 Å². The number of alkyl halides is 3. The molecule has 2 aromatic heterocycles. The molecule has 0 spiro atoms. The smallest absolute Gasteiger partial charge is 0.422 e. The molecular weight excluding hydrogens is 535 g/mol. The second kappa shape index (κ2) is 12.2. The second-order valence-electron chi connectivity index (χ2n) is 8.60. The zero-order chi connectivity index (χ0) is 28.0. The van der Waals surface area contributed by atoms with Crippen LogP contribution in [0, 0.1) is 11.3 Å². The number of rotatable bonds is 10. The minimum Gasteiger partial charge on any atom is -0.484 e. The monoisotopic (exact) mass is 559 g/mol. The summed E-state index contributed by atoms with van der Waals surface area (Å²) in [6, 6.07) is 11.2. The fourth-order valence-corrected chi connectivity index (χ4v) is 4.37. The summed E-state index contributed by atoms with van der Waals surface area (Å²) in [6.45, 7) is -1.37. The van der Waals surface area contributed by atoms with Gasteiger partial charge in [-0.2, -0.15) is 28.2 Å². The first-order valence-corrected chi connectivity index (χ1v) is 12.8. The third kappa shape index (κ3) is 7.27. The molecule has 1 aliphatic heterocycles. The van der Waals surface area contributed by atoms with Crippen molar-refractivity contribution >= 4 is 29.6 Å². The fraction of sp³-hybridized carbons (Fsp3) is 0.320. The second-order valence-corrected chi connectivity index (χ2v) is 9.59. The highest BCUT2D eigenvalue weighted by molar-refractivity contribution is 7.98. The van der Waals surface area contributed by atoms with Crippen molar-refractivity contribution in [3.63, 3.8) is 0 Å². The third-order valence-corrected chi connectivity index (χ3v) is 6.44. The van der Waals surface area contributed by atoms with Crippen LogP contribution < -0.4 is 20.1 Å². The van der Waals surface area contributed by atoms with Gasteiger partial charge in [0.05, 0.1) is 17.0 Å². The average Bonchev–Trinajstić information content (AvgIpc) is 3.28. The number of aromatic nitrogens is 3. The number of carbonyl (C=O) groups excluding carboxylic acids is 2. The lowest BCUT2D eigenvalue weighted by Gasteiger charge is -2.23. The van der Waals surface area contributed by atoms with Crippen LogP contribution in [0.25, 0.3) is 5.82 Å². The van der Waals surface area contributed by atoms with Crippen molar-refractivity contribution in [3.05, 3.63) is 65.0 Å². The molecule has 3 aromatic rings. The Balaban J connectivity index is 1.53. The molecule has 0 saturated heterocycles. The molecule has 3 heterocycles. The maximum Gasteiger partial charge on any atom is 0.422 e. The largest absolute Gasteiger partial charge is 0.484 e. The van der Waals surface area contributed by atoms with E-state index in [1.54, 1.807) is 37.4 Å². The van der Waals surface area contributed by atoms with Crippen LogP contribution >= 0.6 is 11.9 Å². The number of benzene rings is 1. The SMILES string of the molecule is CNSCC(=O)Nc1c2c(nn1-c1ccc(C#N)cn1)CC(CCc1cccc(OCC(F)(F)F)c1)NC2=O. The Hall–Kier alpha value is -4.09. The highest BCUT2D eigenvalue weighted by atomic mass is 32.2. The molecule has 1 unspecified atom stereocenters. The van der Waals surface area contributed by atoms with E-state index in [0.717, 1.165) is 5.56 Å². The standard InChI is InChI=1S/C25H24F3N7O3S/c1-30-39-13-21(36)33-23-22-19(34-35(23)20-8-6-16(11-29)12-31-20)10-17(32-24(22)37)7-5-15-3-2-4-18(9-15)38-14-25(26,27)28/h2-4,6,8-9,12,17,30H,5,7,10,13-14H2,1H3,(H,32,37)(H,33,36). The highest BCUT2D eigenvalue weighted by Gasteiger charge is 2.33. The number of ether oxygens (including phenoxy) is 1. The number of anilines is 1. The van der Waals surface area contributed by atoms with E-state index in [9.17, 15) is 22.8 Å². The molecule has 1 aromatic carbocycles. The first kappa shape index (κ1) is 27.9. The van der Waals surface area contributed by atoms with Crippen LogP contribution in [0.5, 0.6) is 5.75 Å². The van der Waals surface area contributed by atoms with Gasteiger partial charge in [0, 0.05) is 18.7 Å². The van der Waals surface area contributed by atoms with Crippen molar-refractivity contribution in [1.82, 2.24) is 24.8 Å². The summed E-state index contributed by atoms with van der Waals surface area (Å²) in [7, 11) is 1.68. The summed E-state index contributed by atoms with van der Waals surface area (Å²) in [5, 5.41) is 19.3. The third-order valence-electron chi connectivity index (χ3n) is 5.74. The molecule has 0 saturated carbocycles. The van der Waals surface area contributed by atoms with Gasteiger partial charge in [0.15, 0.2) is 18.2 Å². The number of halogens is 3. The van der Waals surface area contributed by atoms with Gasteiger partial charge in [-0.25, -0.2) is 4.98 Å². The minimum atomic E-state index is -4.43. The molecule has 2 amide bonds. The molecule has 0 fully saturated rings. The summed E-state index contributed by atoms with van der Waals surface area (Å²) < 4.78 is 46.4. The molecule has 0 bridgehead atoms. The van der Waals surface area contributed by atoms with Crippen molar-refractivity contribution in [1.29, 1.82) is 5.26 Å². The van der Waals surface area contributed by atoms with Gasteiger partial charge in [-0.05, 0) is 49.7 Å². The van der Waals surface area contributed by atoms with E-state index in [2.05, 4.69) is 25.4 Å². The Morgan fingerprint density at radius 2 is 2.15 bits per heavy atom. The Kier molecular flexibility index (Phi) is 8.72. The van der Waals surface area contributed by atoms with Crippen molar-refractivity contribution < 1.29 is 27.5 Å². The molecule has 10 nitrogen and oxygen atoms in total. The molecular formula is C25H24F3N7O3S. The normalized spacial score (nSPS) is 14.7. The van der Waals surface area contributed by atoms with E-state index >= 15 is 0 Å². The van der Waals surface area contributed by atoms with Gasteiger partial charge in [0.25, 0.3) is 5.91 Å². The van der Waals surface area contributed by atoms with Crippen LogP contribution in [0.15, 0.2) is 42.6 Å². The zero-order valence-corrected chi connectivity index (χ0v) is 21.5. The van der Waals surface area contributed by atoms with Gasteiger partial charge in [-0.3, -0.25) is 14.3 Å². The Morgan fingerprint density at radius 1 is 1.33 bits per heavy atom. The van der Waals surface area contributed by atoms with Crippen LogP contribution in [0.1, 0.15) is 33.6 Å². The first-order chi connectivity index (χ1) is 18.7. The van der Waals surface area contributed by atoms with E-state index < -0.39 is 18.7 Å². The van der Waals surface area contributed by atoms with Gasteiger partial charge < -0.3 is 15.4 Å². The van der Waals surface area contributed by atoms with Gasteiger partial charge in [0.2, 0.25) is 5.91 Å². The maximum atomic E-state index is 13.2. The Bertz CT molecular complexity index is 1390. The molecule has 204 valence electrons. The minimum absolute atomic E-state index is 0.0905. The summed E-state index contributed by atoms with van der Waals surface area (Å²) in [6.07, 6.45) is -1.72. The quantitative estimate of drug-likeness (QED) is 0.323. The van der Waals surface area contributed by atoms with E-state index in [1.165, 1.54) is 28.9 Å². The number of fused-ring (bicyclic) bond motifs is 1. The lowest BCUT2D eigenvalue weighted by atomic mass is 9.96. The highest BCUT2D eigenvalue weighted by Crippen LogP contribution is 2.29. The van der Waals surface area contributed by atoms with Gasteiger partial charge in [0.1, 0.15) is 17.4 Å². The molecule has 39 heavy (non-hydrogen) atoms. The average molecular weight is 560 g/mol. The van der Waals surface area contributed by atoms with E-state index in [4.69, 9.17) is 10.00 Å². The van der Waals surface area contributed by atoms with E-state index in [0.29, 0.717) is 36.3 Å². The number of nitriles is 1. The molecule has 1 atom stereocenters. The summed E-state index contributed by atoms with van der Waals surface area (Å²) in [5.74, 6) is -0.0677. The number of amides is 2. The molecule has 14 heteroatoms. The number of hydrogen-bond acceptors (Lipinski definition) is 8. The molecule has 3 N–H and O–H groups in total. The number of pyridine rings is 1. The van der Waals surface area contributed by atoms with Crippen LogP contribution in [-0.2, 0) is 17.6 Å². The summed E-state index contributed by atoms with van der Waals surface area (Å²) in [4.78, 5) is 29.9. The fourth-order valence-electron chi connectivity index (χ4n) is 4.02.